The van der Waals surface area contributed by atoms with Gasteiger partial charge in [-0.05, 0) is 44.2 Å². The normalized spacial score (nSPS) is 23.0. The van der Waals surface area contributed by atoms with Gasteiger partial charge in [0, 0.05) is 25.2 Å². The Hall–Kier alpha value is -1.76. The third kappa shape index (κ3) is 4.45. The second-order valence-corrected chi connectivity index (χ2v) is 6.71. The van der Waals surface area contributed by atoms with Crippen molar-refractivity contribution in [3.05, 3.63) is 35.4 Å². The molecule has 0 saturated heterocycles. The number of hydrogen-bond acceptors (Lipinski definition) is 2. The van der Waals surface area contributed by atoms with Crippen LogP contribution in [0.15, 0.2) is 24.3 Å². The standard InChI is InChI=1S/C18H23F3N2O2/c1-2-25-15-9-13(10-15)22-17(24)23(14-7-8-14)11-12-5-3-4-6-16(12)18(19,20)21/h3-6,13-15H,2,7-11H2,1H3,(H,22,24). The number of ether oxygens (including phenoxy) is 1. The highest BCUT2D eigenvalue weighted by Gasteiger charge is 2.38. The molecule has 0 aliphatic heterocycles. The van der Waals surface area contributed by atoms with Gasteiger partial charge in [0.25, 0.3) is 0 Å². The van der Waals surface area contributed by atoms with Gasteiger partial charge < -0.3 is 15.0 Å². The quantitative estimate of drug-likeness (QED) is 0.839. The van der Waals surface area contributed by atoms with Crippen molar-refractivity contribution in [2.75, 3.05) is 6.61 Å². The van der Waals surface area contributed by atoms with Gasteiger partial charge in [-0.3, -0.25) is 0 Å². The Bertz CT molecular complexity index is 611. The number of hydrogen-bond donors (Lipinski definition) is 1. The first-order valence-corrected chi connectivity index (χ1v) is 8.72. The molecule has 4 nitrogen and oxygen atoms in total. The molecule has 0 atom stereocenters. The SMILES string of the molecule is CCOC1CC(NC(=O)N(Cc2ccccc2C(F)(F)F)C2CC2)C1. The third-order valence-corrected chi connectivity index (χ3v) is 4.74. The van der Waals surface area contributed by atoms with Gasteiger partial charge in [-0.1, -0.05) is 18.2 Å². The molecule has 0 unspecified atom stereocenters. The number of halogens is 3. The van der Waals surface area contributed by atoms with Crippen LogP contribution in [0.5, 0.6) is 0 Å². The van der Waals surface area contributed by atoms with E-state index >= 15 is 0 Å². The number of benzene rings is 1. The van der Waals surface area contributed by atoms with Crippen LogP contribution in [0.2, 0.25) is 0 Å². The number of rotatable bonds is 6. The number of amides is 2. The predicted molar refractivity (Wildman–Crippen MR) is 87.0 cm³/mol. The van der Waals surface area contributed by atoms with Gasteiger partial charge in [-0.2, -0.15) is 13.2 Å². The van der Waals surface area contributed by atoms with Crippen LogP contribution in [0.3, 0.4) is 0 Å². The molecule has 2 fully saturated rings. The number of nitrogens with one attached hydrogen (secondary N) is 1. The number of nitrogens with zero attached hydrogens (tertiary/aromatic N) is 1. The van der Waals surface area contributed by atoms with Crippen LogP contribution in [0, 0.1) is 0 Å². The number of carbonyl (C=O) groups excluding carboxylic acids is 1. The molecule has 1 aromatic carbocycles. The van der Waals surface area contributed by atoms with Crippen LogP contribution in [0.25, 0.3) is 0 Å². The fourth-order valence-electron chi connectivity index (χ4n) is 3.18. The summed E-state index contributed by atoms with van der Waals surface area (Å²) in [5, 5.41) is 2.93. The maximum Gasteiger partial charge on any atom is 0.416 e. The Morgan fingerprint density at radius 3 is 2.56 bits per heavy atom. The second kappa shape index (κ2) is 7.23. The number of urea groups is 1. The minimum atomic E-state index is -4.42. The van der Waals surface area contributed by atoms with Crippen LogP contribution in [0.4, 0.5) is 18.0 Å². The van der Waals surface area contributed by atoms with E-state index < -0.39 is 11.7 Å². The van der Waals surface area contributed by atoms with Gasteiger partial charge in [0.2, 0.25) is 0 Å². The summed E-state index contributed by atoms with van der Waals surface area (Å²) in [7, 11) is 0. The van der Waals surface area contributed by atoms with Crippen molar-refractivity contribution in [1.82, 2.24) is 10.2 Å². The van der Waals surface area contributed by atoms with Crippen LogP contribution in [-0.2, 0) is 17.5 Å². The minimum Gasteiger partial charge on any atom is -0.378 e. The molecule has 2 aliphatic carbocycles. The van der Waals surface area contributed by atoms with E-state index in [2.05, 4.69) is 5.32 Å². The van der Waals surface area contributed by atoms with Crippen LogP contribution in [-0.4, -0.2) is 35.7 Å². The molecule has 7 heteroatoms. The lowest BCUT2D eigenvalue weighted by atomic mass is 9.89. The van der Waals surface area contributed by atoms with Gasteiger partial charge in [-0.15, -0.1) is 0 Å². The molecule has 3 rings (SSSR count). The molecular weight excluding hydrogens is 333 g/mol. The van der Waals surface area contributed by atoms with E-state index in [0.29, 0.717) is 6.61 Å². The predicted octanol–water partition coefficient (Wildman–Crippen LogP) is 3.95. The summed E-state index contributed by atoms with van der Waals surface area (Å²) < 4.78 is 45.0. The summed E-state index contributed by atoms with van der Waals surface area (Å²) in [6, 6.07) is 5.26. The zero-order valence-electron chi connectivity index (χ0n) is 14.2. The van der Waals surface area contributed by atoms with Crippen LogP contribution >= 0.6 is 0 Å². The van der Waals surface area contributed by atoms with Crippen molar-refractivity contribution < 1.29 is 22.7 Å². The summed E-state index contributed by atoms with van der Waals surface area (Å²) in [6.45, 7) is 2.56. The molecule has 0 radical (unpaired) electrons. The van der Waals surface area contributed by atoms with E-state index in [4.69, 9.17) is 4.74 Å². The van der Waals surface area contributed by atoms with Crippen LogP contribution in [0.1, 0.15) is 43.7 Å². The maximum atomic E-state index is 13.2. The van der Waals surface area contributed by atoms with Crippen molar-refractivity contribution >= 4 is 6.03 Å². The smallest absolute Gasteiger partial charge is 0.378 e. The molecule has 138 valence electrons. The highest BCUT2D eigenvalue weighted by atomic mass is 19.4. The zero-order valence-corrected chi connectivity index (χ0v) is 14.2. The highest BCUT2D eigenvalue weighted by molar-refractivity contribution is 5.75. The minimum absolute atomic E-state index is 0.0200. The van der Waals surface area contributed by atoms with Crippen molar-refractivity contribution in [2.24, 2.45) is 0 Å². The van der Waals surface area contributed by atoms with E-state index in [0.717, 1.165) is 31.7 Å². The molecule has 25 heavy (non-hydrogen) atoms. The molecule has 2 aliphatic rings. The lowest BCUT2D eigenvalue weighted by Crippen LogP contribution is -2.52. The van der Waals surface area contributed by atoms with Gasteiger partial charge >= 0.3 is 12.2 Å². The Balaban J connectivity index is 1.64. The molecule has 2 saturated carbocycles. The van der Waals surface area contributed by atoms with E-state index in [1.54, 1.807) is 11.0 Å². The monoisotopic (exact) mass is 356 g/mol. The summed E-state index contributed by atoms with van der Waals surface area (Å²) in [5.74, 6) is 0. The van der Waals surface area contributed by atoms with E-state index in [1.165, 1.54) is 12.1 Å². The van der Waals surface area contributed by atoms with Crippen molar-refractivity contribution in [3.8, 4) is 0 Å². The van der Waals surface area contributed by atoms with Gasteiger partial charge in [0.1, 0.15) is 0 Å². The first kappa shape index (κ1) is 18.0. The molecule has 0 heterocycles. The number of carbonyl (C=O) groups is 1. The van der Waals surface area contributed by atoms with Crippen molar-refractivity contribution in [3.63, 3.8) is 0 Å². The summed E-state index contributed by atoms with van der Waals surface area (Å²) in [4.78, 5) is 14.1. The number of alkyl halides is 3. The second-order valence-electron chi connectivity index (χ2n) is 6.71. The van der Waals surface area contributed by atoms with Crippen molar-refractivity contribution in [2.45, 2.75) is 63.5 Å². The molecule has 0 spiro atoms. The third-order valence-electron chi connectivity index (χ3n) is 4.74. The van der Waals surface area contributed by atoms with E-state index in [-0.39, 0.29) is 36.3 Å². The Kier molecular flexibility index (Phi) is 5.22. The topological polar surface area (TPSA) is 41.6 Å². The average Bonchev–Trinajstić information content (AvgIpc) is 3.34. The van der Waals surface area contributed by atoms with Gasteiger partial charge in [0.05, 0.1) is 11.7 Å². The Labute approximate surface area is 145 Å². The molecule has 2 amide bonds. The fraction of sp³-hybridized carbons (Fsp3) is 0.611. The first-order valence-electron chi connectivity index (χ1n) is 8.72. The summed E-state index contributed by atoms with van der Waals surface area (Å²) >= 11 is 0. The van der Waals surface area contributed by atoms with Gasteiger partial charge in [0.15, 0.2) is 0 Å². The molecular formula is C18H23F3N2O2. The lowest BCUT2D eigenvalue weighted by molar-refractivity contribution is -0.138. The highest BCUT2D eigenvalue weighted by Crippen LogP contribution is 2.35. The molecule has 1 N–H and O–H groups in total. The van der Waals surface area contributed by atoms with Crippen molar-refractivity contribution in [1.29, 1.82) is 0 Å². The van der Waals surface area contributed by atoms with Crippen LogP contribution < -0.4 is 5.32 Å². The van der Waals surface area contributed by atoms with E-state index in [1.807, 2.05) is 6.92 Å². The zero-order chi connectivity index (χ0) is 18.0. The summed E-state index contributed by atoms with van der Waals surface area (Å²) in [5.41, 5.74) is -0.536. The maximum absolute atomic E-state index is 13.2. The first-order chi connectivity index (χ1) is 11.9. The molecule has 0 aromatic heterocycles. The van der Waals surface area contributed by atoms with E-state index in [9.17, 15) is 18.0 Å². The summed E-state index contributed by atoms with van der Waals surface area (Å²) in [6.07, 6.45) is -1.03. The lowest BCUT2D eigenvalue weighted by Gasteiger charge is -2.37. The average molecular weight is 356 g/mol. The fourth-order valence-corrected chi connectivity index (χ4v) is 3.18. The Morgan fingerprint density at radius 1 is 1.28 bits per heavy atom. The molecule has 1 aromatic rings. The van der Waals surface area contributed by atoms with Gasteiger partial charge in [-0.25, -0.2) is 4.79 Å². The Morgan fingerprint density at radius 2 is 1.96 bits per heavy atom. The molecule has 0 bridgehead atoms. The largest absolute Gasteiger partial charge is 0.416 e.